The van der Waals surface area contributed by atoms with Crippen LogP contribution < -0.4 is 20.7 Å². The zero-order valence-corrected chi connectivity index (χ0v) is 16.4. The molecule has 0 fully saturated rings. The lowest BCUT2D eigenvalue weighted by Gasteiger charge is -2.10. The Morgan fingerprint density at radius 2 is 1.50 bits per heavy atom. The lowest BCUT2D eigenvalue weighted by Crippen LogP contribution is -2.22. The fourth-order valence-electron chi connectivity index (χ4n) is 2.69. The normalized spacial score (nSPS) is 10.2. The van der Waals surface area contributed by atoms with E-state index in [2.05, 4.69) is 16.0 Å². The van der Waals surface area contributed by atoms with Gasteiger partial charge in [-0.3, -0.25) is 9.59 Å². The number of halogens is 1. The van der Waals surface area contributed by atoms with Crippen LogP contribution in [0, 0.1) is 5.82 Å². The van der Waals surface area contributed by atoms with Crippen molar-refractivity contribution in [3.05, 3.63) is 84.2 Å². The van der Waals surface area contributed by atoms with E-state index in [0.717, 1.165) is 5.75 Å². The zero-order valence-electron chi connectivity index (χ0n) is 16.4. The molecular weight excluding hydrogens is 385 g/mol. The van der Waals surface area contributed by atoms with Crippen LogP contribution in [-0.4, -0.2) is 25.0 Å². The number of carbonyl (C=O) groups excluding carboxylic acids is 2. The third kappa shape index (κ3) is 5.81. The van der Waals surface area contributed by atoms with Gasteiger partial charge in [0.1, 0.15) is 11.6 Å². The van der Waals surface area contributed by atoms with Crippen LogP contribution in [0.1, 0.15) is 17.3 Å². The molecule has 0 aliphatic carbocycles. The molecule has 0 aliphatic heterocycles. The molecule has 6 nitrogen and oxygen atoms in total. The Morgan fingerprint density at radius 1 is 0.867 bits per heavy atom. The quantitative estimate of drug-likeness (QED) is 0.513. The van der Waals surface area contributed by atoms with Crippen LogP contribution in [0.5, 0.6) is 5.75 Å². The van der Waals surface area contributed by atoms with E-state index in [4.69, 9.17) is 4.74 Å². The number of anilines is 3. The van der Waals surface area contributed by atoms with Gasteiger partial charge >= 0.3 is 0 Å². The Labute approximate surface area is 174 Å². The van der Waals surface area contributed by atoms with Gasteiger partial charge in [0.05, 0.1) is 18.8 Å². The van der Waals surface area contributed by atoms with E-state index in [1.54, 1.807) is 66.7 Å². The number of nitrogens with one attached hydrogen (secondary N) is 3. The fourth-order valence-corrected chi connectivity index (χ4v) is 2.69. The maximum atomic E-state index is 13.6. The number of hydrogen-bond acceptors (Lipinski definition) is 4. The molecule has 154 valence electrons. The van der Waals surface area contributed by atoms with Gasteiger partial charge in [0.15, 0.2) is 0 Å². The Morgan fingerprint density at radius 3 is 2.17 bits per heavy atom. The summed E-state index contributed by atoms with van der Waals surface area (Å²) in [5, 5.41) is 8.24. The number of rotatable bonds is 8. The molecule has 0 radical (unpaired) electrons. The molecule has 0 unspecified atom stereocenters. The van der Waals surface area contributed by atoms with E-state index >= 15 is 0 Å². The first-order valence-corrected chi connectivity index (χ1v) is 9.47. The van der Waals surface area contributed by atoms with Crippen LogP contribution in [0.2, 0.25) is 0 Å². The van der Waals surface area contributed by atoms with Crippen molar-refractivity contribution in [2.45, 2.75) is 6.92 Å². The fraction of sp³-hybridized carbons (Fsp3) is 0.130. The van der Waals surface area contributed by atoms with E-state index < -0.39 is 5.82 Å². The molecule has 0 saturated heterocycles. The van der Waals surface area contributed by atoms with Gasteiger partial charge in [0.25, 0.3) is 5.91 Å². The second kappa shape index (κ2) is 10.1. The van der Waals surface area contributed by atoms with Crippen molar-refractivity contribution in [3.8, 4) is 5.75 Å². The van der Waals surface area contributed by atoms with Crippen molar-refractivity contribution in [2.75, 3.05) is 29.1 Å². The van der Waals surface area contributed by atoms with E-state index in [0.29, 0.717) is 23.5 Å². The topological polar surface area (TPSA) is 79.5 Å². The monoisotopic (exact) mass is 407 g/mol. The molecule has 0 atom stereocenters. The summed E-state index contributed by atoms with van der Waals surface area (Å²) in [6.07, 6.45) is 0. The third-order valence-electron chi connectivity index (χ3n) is 4.17. The van der Waals surface area contributed by atoms with E-state index in [-0.39, 0.29) is 24.0 Å². The third-order valence-corrected chi connectivity index (χ3v) is 4.17. The summed E-state index contributed by atoms with van der Waals surface area (Å²) in [5.41, 5.74) is 1.90. The first-order chi connectivity index (χ1) is 14.5. The molecule has 30 heavy (non-hydrogen) atoms. The highest BCUT2D eigenvalue weighted by atomic mass is 19.1. The van der Waals surface area contributed by atoms with Gasteiger partial charge in [-0.15, -0.1) is 0 Å². The molecule has 3 N–H and O–H groups in total. The average molecular weight is 407 g/mol. The van der Waals surface area contributed by atoms with Crippen LogP contribution in [0.4, 0.5) is 21.5 Å². The number of ether oxygens (including phenoxy) is 1. The molecule has 3 aromatic carbocycles. The van der Waals surface area contributed by atoms with Crippen molar-refractivity contribution in [2.24, 2.45) is 0 Å². The van der Waals surface area contributed by atoms with Crippen molar-refractivity contribution < 1.29 is 18.7 Å². The summed E-state index contributed by atoms with van der Waals surface area (Å²) in [4.78, 5) is 24.4. The highest BCUT2D eigenvalue weighted by Crippen LogP contribution is 2.17. The molecular formula is C23H22FN3O3. The Balaban J connectivity index is 1.51. The van der Waals surface area contributed by atoms with Crippen molar-refractivity contribution >= 4 is 28.9 Å². The summed E-state index contributed by atoms with van der Waals surface area (Å²) in [6, 6.07) is 19.7. The van der Waals surface area contributed by atoms with E-state index in [1.807, 2.05) is 6.92 Å². The minimum Gasteiger partial charge on any atom is -0.494 e. The minimum absolute atomic E-state index is 0.0824. The molecule has 0 aliphatic rings. The number of para-hydroxylation sites is 1. The van der Waals surface area contributed by atoms with Gasteiger partial charge in [-0.05, 0) is 67.6 Å². The lowest BCUT2D eigenvalue weighted by molar-refractivity contribution is -0.114. The Bertz CT molecular complexity index is 1000. The molecule has 0 aromatic heterocycles. The maximum absolute atomic E-state index is 13.6. The zero-order chi connectivity index (χ0) is 21.3. The number of carbonyl (C=O) groups is 2. The van der Waals surface area contributed by atoms with Gasteiger partial charge < -0.3 is 20.7 Å². The SMILES string of the molecule is CCOc1ccc(NC(=O)c2ccc(NC(=O)CNc3ccccc3F)cc2)cc1. The largest absolute Gasteiger partial charge is 0.494 e. The van der Waals surface area contributed by atoms with Crippen molar-refractivity contribution in [3.63, 3.8) is 0 Å². The van der Waals surface area contributed by atoms with Crippen molar-refractivity contribution in [1.82, 2.24) is 0 Å². The molecule has 0 bridgehead atoms. The summed E-state index contributed by atoms with van der Waals surface area (Å²) < 4.78 is 18.9. The first-order valence-electron chi connectivity index (χ1n) is 9.47. The Kier molecular flexibility index (Phi) is 7.00. The van der Waals surface area contributed by atoms with Crippen LogP contribution in [0.3, 0.4) is 0 Å². The number of hydrogen-bond donors (Lipinski definition) is 3. The predicted octanol–water partition coefficient (Wildman–Crippen LogP) is 4.53. The average Bonchev–Trinajstić information content (AvgIpc) is 2.75. The minimum atomic E-state index is -0.423. The summed E-state index contributed by atoms with van der Waals surface area (Å²) in [6.45, 7) is 2.40. The second-order valence-electron chi connectivity index (χ2n) is 6.37. The van der Waals surface area contributed by atoms with Crippen LogP contribution in [0.25, 0.3) is 0 Å². The first kappa shape index (κ1) is 20.9. The molecule has 0 saturated carbocycles. The summed E-state index contributed by atoms with van der Waals surface area (Å²) >= 11 is 0. The van der Waals surface area contributed by atoms with Crippen molar-refractivity contribution in [1.29, 1.82) is 0 Å². The molecule has 0 spiro atoms. The highest BCUT2D eigenvalue weighted by molar-refractivity contribution is 6.04. The van der Waals surface area contributed by atoms with Crippen LogP contribution in [-0.2, 0) is 4.79 Å². The Hall–Kier alpha value is -3.87. The van der Waals surface area contributed by atoms with E-state index in [9.17, 15) is 14.0 Å². The van der Waals surface area contributed by atoms with Gasteiger partial charge in [0.2, 0.25) is 5.91 Å². The second-order valence-corrected chi connectivity index (χ2v) is 6.37. The maximum Gasteiger partial charge on any atom is 0.255 e. The van der Waals surface area contributed by atoms with Crippen LogP contribution in [0.15, 0.2) is 72.8 Å². The number of benzene rings is 3. The number of amides is 2. The molecule has 2 amide bonds. The molecule has 0 heterocycles. The lowest BCUT2D eigenvalue weighted by atomic mass is 10.2. The van der Waals surface area contributed by atoms with Gasteiger partial charge in [-0.2, -0.15) is 0 Å². The van der Waals surface area contributed by atoms with Gasteiger partial charge in [-0.1, -0.05) is 12.1 Å². The smallest absolute Gasteiger partial charge is 0.255 e. The van der Waals surface area contributed by atoms with Crippen LogP contribution >= 0.6 is 0 Å². The summed E-state index contributed by atoms with van der Waals surface area (Å²) in [7, 11) is 0. The predicted molar refractivity (Wildman–Crippen MR) is 116 cm³/mol. The molecule has 3 rings (SSSR count). The van der Waals surface area contributed by atoms with E-state index in [1.165, 1.54) is 6.07 Å². The molecule has 3 aromatic rings. The standard InChI is InChI=1S/C23H22FN3O3/c1-2-30-19-13-11-18(12-14-19)27-23(29)16-7-9-17(10-8-16)26-22(28)15-25-21-6-4-3-5-20(21)24/h3-14,25H,2,15H2,1H3,(H,26,28)(H,27,29). The van der Waals surface area contributed by atoms with Gasteiger partial charge in [-0.25, -0.2) is 4.39 Å². The molecule has 7 heteroatoms. The summed E-state index contributed by atoms with van der Waals surface area (Å²) in [5.74, 6) is -0.281. The van der Waals surface area contributed by atoms with Gasteiger partial charge in [0, 0.05) is 16.9 Å². The highest BCUT2D eigenvalue weighted by Gasteiger charge is 2.08.